The third-order valence-electron chi connectivity index (χ3n) is 2.19. The first-order chi connectivity index (χ1) is 9.26. The van der Waals surface area contributed by atoms with Crippen molar-refractivity contribution in [3.8, 4) is 5.75 Å². The summed E-state index contributed by atoms with van der Waals surface area (Å²) in [5, 5.41) is 5.92. The monoisotopic (exact) mass is 260 g/mol. The Morgan fingerprint density at radius 3 is 2.84 bits per heavy atom. The predicted octanol–water partition coefficient (Wildman–Crippen LogP) is 2.53. The molecule has 0 aliphatic carbocycles. The van der Waals surface area contributed by atoms with Crippen LogP contribution in [-0.4, -0.2) is 25.6 Å². The van der Waals surface area contributed by atoms with Crippen molar-refractivity contribution in [2.75, 3.05) is 19.7 Å². The number of carbonyl (C=O) groups is 1. The fourth-order valence-corrected chi connectivity index (χ4v) is 1.35. The summed E-state index contributed by atoms with van der Waals surface area (Å²) >= 11 is 0. The Kier molecular flexibility index (Phi) is 6.61. The highest BCUT2D eigenvalue weighted by Gasteiger charge is 1.95. The van der Waals surface area contributed by atoms with Crippen LogP contribution in [0.5, 0.6) is 5.75 Å². The van der Waals surface area contributed by atoms with E-state index in [2.05, 4.69) is 15.3 Å². The Balaban J connectivity index is 2.42. The molecule has 0 bridgehead atoms. The van der Waals surface area contributed by atoms with Crippen molar-refractivity contribution in [2.45, 2.75) is 6.92 Å². The first-order valence-corrected chi connectivity index (χ1v) is 5.96. The molecule has 1 rings (SSSR count). The van der Waals surface area contributed by atoms with Crippen LogP contribution in [-0.2, 0) is 4.79 Å². The lowest BCUT2D eigenvalue weighted by atomic mass is 10.2. The summed E-state index contributed by atoms with van der Waals surface area (Å²) in [4.78, 5) is 14.0. The molecule has 0 radical (unpaired) electrons. The normalized spacial score (nSPS) is 9.95. The Labute approximate surface area is 111 Å². The van der Waals surface area contributed by atoms with E-state index in [0.29, 0.717) is 13.2 Å². The largest absolute Gasteiger partial charge is 0.494 e. The van der Waals surface area contributed by atoms with Crippen molar-refractivity contribution >= 4 is 12.0 Å². The highest BCUT2D eigenvalue weighted by Crippen LogP contribution is 2.12. The molecule has 100 valence electrons. The molecule has 0 saturated carbocycles. The average molecular weight is 260 g/mol. The van der Waals surface area contributed by atoms with Crippen molar-refractivity contribution in [1.29, 1.82) is 0 Å². The maximum Gasteiger partial charge on any atom is 0.243 e. The van der Waals surface area contributed by atoms with E-state index in [9.17, 15) is 4.79 Å². The Morgan fingerprint density at radius 2 is 2.21 bits per heavy atom. The fraction of sp³-hybridized carbons (Fsp3) is 0.308. The molecule has 1 aromatic rings. The molecule has 1 amide bonds. The summed E-state index contributed by atoms with van der Waals surface area (Å²) in [5.41, 5.74) is 8.98. The van der Waals surface area contributed by atoms with E-state index in [1.54, 1.807) is 6.08 Å². The third-order valence-corrected chi connectivity index (χ3v) is 2.19. The van der Waals surface area contributed by atoms with Gasteiger partial charge in [0, 0.05) is 24.1 Å². The summed E-state index contributed by atoms with van der Waals surface area (Å²) in [6.07, 6.45) is 3.14. The van der Waals surface area contributed by atoms with Crippen molar-refractivity contribution in [3.63, 3.8) is 0 Å². The van der Waals surface area contributed by atoms with Gasteiger partial charge < -0.3 is 10.1 Å². The van der Waals surface area contributed by atoms with Gasteiger partial charge in [-0.2, -0.15) is 0 Å². The van der Waals surface area contributed by atoms with E-state index in [-0.39, 0.29) is 12.5 Å². The molecular formula is C13H16N4O2. The molecule has 0 unspecified atom stereocenters. The molecule has 0 aliphatic rings. The van der Waals surface area contributed by atoms with Gasteiger partial charge in [0.25, 0.3) is 0 Å². The van der Waals surface area contributed by atoms with Gasteiger partial charge in [-0.25, -0.2) is 0 Å². The van der Waals surface area contributed by atoms with Gasteiger partial charge in [-0.1, -0.05) is 17.2 Å². The quantitative estimate of drug-likeness (QED) is 0.268. The number of amides is 1. The zero-order valence-electron chi connectivity index (χ0n) is 10.7. The van der Waals surface area contributed by atoms with Crippen LogP contribution in [0.2, 0.25) is 0 Å². The second-order valence-electron chi connectivity index (χ2n) is 3.58. The van der Waals surface area contributed by atoms with Gasteiger partial charge in [0.2, 0.25) is 5.91 Å². The van der Waals surface area contributed by atoms with Gasteiger partial charge in [-0.3, -0.25) is 4.79 Å². The molecule has 0 aliphatic heterocycles. The topological polar surface area (TPSA) is 87.1 Å². The average Bonchev–Trinajstić information content (AvgIpc) is 2.43. The number of hydrogen-bond acceptors (Lipinski definition) is 3. The van der Waals surface area contributed by atoms with Crippen LogP contribution in [0.1, 0.15) is 12.5 Å². The lowest BCUT2D eigenvalue weighted by Gasteiger charge is -2.02. The van der Waals surface area contributed by atoms with E-state index < -0.39 is 0 Å². The van der Waals surface area contributed by atoms with Gasteiger partial charge >= 0.3 is 0 Å². The highest BCUT2D eigenvalue weighted by atomic mass is 16.5. The van der Waals surface area contributed by atoms with Crippen molar-refractivity contribution in [3.05, 3.63) is 46.3 Å². The maximum atomic E-state index is 11.4. The number of benzene rings is 1. The fourth-order valence-electron chi connectivity index (χ4n) is 1.35. The molecular weight excluding hydrogens is 244 g/mol. The van der Waals surface area contributed by atoms with Gasteiger partial charge in [-0.05, 0) is 36.2 Å². The minimum absolute atomic E-state index is 0.220. The molecule has 6 nitrogen and oxygen atoms in total. The first kappa shape index (κ1) is 14.6. The van der Waals surface area contributed by atoms with Crippen LogP contribution in [0.3, 0.4) is 0 Å². The SMILES string of the molecule is CCOc1ccc(/C=C/C(=O)NCCN=[N+]=[N-])cc1. The molecule has 0 fully saturated rings. The first-order valence-electron chi connectivity index (χ1n) is 5.96. The van der Waals surface area contributed by atoms with E-state index in [0.717, 1.165) is 11.3 Å². The van der Waals surface area contributed by atoms with Gasteiger partial charge in [-0.15, -0.1) is 0 Å². The molecule has 0 aromatic heterocycles. The predicted molar refractivity (Wildman–Crippen MR) is 73.7 cm³/mol. The summed E-state index contributed by atoms with van der Waals surface area (Å²) in [6.45, 7) is 3.13. The number of ether oxygens (including phenoxy) is 1. The maximum absolute atomic E-state index is 11.4. The van der Waals surface area contributed by atoms with Crippen LogP contribution >= 0.6 is 0 Å². The molecule has 0 saturated heterocycles. The second-order valence-corrected chi connectivity index (χ2v) is 3.58. The van der Waals surface area contributed by atoms with Crippen LogP contribution in [0.15, 0.2) is 35.5 Å². The zero-order chi connectivity index (χ0) is 13.9. The minimum atomic E-state index is -0.220. The number of carbonyl (C=O) groups excluding carboxylic acids is 1. The van der Waals surface area contributed by atoms with Crippen LogP contribution in [0.4, 0.5) is 0 Å². The summed E-state index contributed by atoms with van der Waals surface area (Å²) < 4.78 is 5.32. The number of nitrogens with one attached hydrogen (secondary N) is 1. The number of rotatable bonds is 7. The van der Waals surface area contributed by atoms with E-state index in [1.165, 1.54) is 6.08 Å². The van der Waals surface area contributed by atoms with Crippen molar-refractivity contribution in [1.82, 2.24) is 5.32 Å². The van der Waals surface area contributed by atoms with Crippen LogP contribution in [0.25, 0.3) is 16.5 Å². The Morgan fingerprint density at radius 1 is 1.47 bits per heavy atom. The summed E-state index contributed by atoms with van der Waals surface area (Å²) in [7, 11) is 0. The number of hydrogen-bond donors (Lipinski definition) is 1. The Bertz CT molecular complexity index is 476. The van der Waals surface area contributed by atoms with Crippen molar-refractivity contribution < 1.29 is 9.53 Å². The minimum Gasteiger partial charge on any atom is -0.494 e. The van der Waals surface area contributed by atoms with Crippen molar-refractivity contribution in [2.24, 2.45) is 5.11 Å². The number of nitrogens with zero attached hydrogens (tertiary/aromatic N) is 3. The lowest BCUT2D eigenvalue weighted by Crippen LogP contribution is -2.23. The molecule has 0 atom stereocenters. The zero-order valence-corrected chi connectivity index (χ0v) is 10.7. The van der Waals surface area contributed by atoms with Crippen LogP contribution in [0, 0.1) is 0 Å². The Hall–Kier alpha value is -2.46. The highest BCUT2D eigenvalue weighted by molar-refractivity contribution is 5.91. The molecule has 0 spiro atoms. The molecule has 19 heavy (non-hydrogen) atoms. The molecule has 1 aromatic carbocycles. The van der Waals surface area contributed by atoms with E-state index >= 15 is 0 Å². The summed E-state index contributed by atoms with van der Waals surface area (Å²) in [6, 6.07) is 7.44. The standard InChI is InChI=1S/C13H16N4O2/c1-2-19-12-6-3-11(4-7-12)5-8-13(18)15-9-10-16-17-14/h3-8H,2,9-10H2,1H3,(H,15,18)/b8-5+. The lowest BCUT2D eigenvalue weighted by molar-refractivity contribution is -0.116. The van der Waals surface area contributed by atoms with Crippen LogP contribution < -0.4 is 10.1 Å². The molecule has 0 heterocycles. The molecule has 6 heteroatoms. The van der Waals surface area contributed by atoms with Gasteiger partial charge in [0.1, 0.15) is 5.75 Å². The van der Waals surface area contributed by atoms with Gasteiger partial charge in [0.15, 0.2) is 0 Å². The van der Waals surface area contributed by atoms with E-state index in [4.69, 9.17) is 10.3 Å². The second kappa shape index (κ2) is 8.60. The summed E-state index contributed by atoms with van der Waals surface area (Å²) in [5.74, 6) is 0.584. The van der Waals surface area contributed by atoms with E-state index in [1.807, 2.05) is 31.2 Å². The molecule has 1 N–H and O–H groups in total. The smallest absolute Gasteiger partial charge is 0.243 e. The van der Waals surface area contributed by atoms with Gasteiger partial charge in [0.05, 0.1) is 6.61 Å². The number of azide groups is 1. The third kappa shape index (κ3) is 6.14.